The molecule has 0 N–H and O–H groups in total. The molecule has 2 heterocycles. The maximum absolute atomic E-state index is 4.57. The lowest BCUT2D eigenvalue weighted by atomic mass is 10.0. The largest absolute Gasteiger partial charge is 0.261 e. The molecule has 0 aliphatic carbocycles. The molecule has 2 aromatic heterocycles. The van der Waals surface area contributed by atoms with Crippen molar-refractivity contribution in [1.82, 2.24) is 9.97 Å². The number of nitrogens with zero attached hydrogens (tertiary/aromatic N) is 2. The zero-order chi connectivity index (χ0) is 14.8. The van der Waals surface area contributed by atoms with Crippen LogP contribution >= 0.6 is 0 Å². The highest BCUT2D eigenvalue weighted by molar-refractivity contribution is 5.85. The van der Waals surface area contributed by atoms with Crippen molar-refractivity contribution in [2.45, 2.75) is 12.8 Å². The van der Waals surface area contributed by atoms with Crippen LogP contribution in [0.1, 0.15) is 11.4 Å². The van der Waals surface area contributed by atoms with Crippen molar-refractivity contribution in [3.8, 4) is 0 Å². The summed E-state index contributed by atoms with van der Waals surface area (Å²) < 4.78 is 0. The van der Waals surface area contributed by atoms with E-state index in [0.717, 1.165) is 24.2 Å². The van der Waals surface area contributed by atoms with Gasteiger partial charge in [-0.2, -0.15) is 0 Å². The van der Waals surface area contributed by atoms with Gasteiger partial charge in [-0.15, -0.1) is 0 Å². The molecule has 0 atom stereocenters. The Bertz CT molecular complexity index is 854. The predicted molar refractivity (Wildman–Crippen MR) is 90.9 cm³/mol. The molecule has 2 aromatic carbocycles. The van der Waals surface area contributed by atoms with Crippen LogP contribution in [0.3, 0.4) is 0 Å². The van der Waals surface area contributed by atoms with E-state index in [-0.39, 0.29) is 0 Å². The highest BCUT2D eigenvalue weighted by atomic mass is 14.7. The molecule has 0 aliphatic rings. The van der Waals surface area contributed by atoms with Crippen LogP contribution < -0.4 is 0 Å². The first-order valence-electron chi connectivity index (χ1n) is 7.57. The molecule has 106 valence electrons. The Labute approximate surface area is 129 Å². The molecule has 0 saturated heterocycles. The van der Waals surface area contributed by atoms with E-state index in [4.69, 9.17) is 0 Å². The van der Waals surface area contributed by atoms with Gasteiger partial charge in [0, 0.05) is 34.6 Å². The summed E-state index contributed by atoms with van der Waals surface area (Å²) in [5.74, 6) is 0. The van der Waals surface area contributed by atoms with Crippen LogP contribution in [0.4, 0.5) is 0 Å². The Hall–Kier alpha value is -2.74. The van der Waals surface area contributed by atoms with Crippen molar-refractivity contribution < 1.29 is 0 Å². The van der Waals surface area contributed by atoms with Gasteiger partial charge in [0.05, 0.1) is 0 Å². The third kappa shape index (κ3) is 2.33. The molecule has 0 unspecified atom stereocenters. The Kier molecular flexibility index (Phi) is 3.28. The number of aryl methyl sites for hydroxylation is 2. The number of hydrogen-bond acceptors (Lipinski definition) is 2. The van der Waals surface area contributed by atoms with Gasteiger partial charge in [0.25, 0.3) is 0 Å². The van der Waals surface area contributed by atoms with Crippen LogP contribution in [0.2, 0.25) is 0 Å². The number of pyridine rings is 2. The third-order valence-corrected chi connectivity index (χ3v) is 4.11. The van der Waals surface area contributed by atoms with Crippen LogP contribution in [-0.2, 0) is 12.8 Å². The van der Waals surface area contributed by atoms with E-state index in [1.54, 1.807) is 0 Å². The summed E-state index contributed by atoms with van der Waals surface area (Å²) in [6.07, 6.45) is 5.60. The molecular weight excluding hydrogens is 268 g/mol. The molecule has 0 fully saturated rings. The Morgan fingerprint density at radius 3 is 1.50 bits per heavy atom. The summed E-state index contributed by atoms with van der Waals surface area (Å²) in [5, 5.41) is 4.98. The molecule has 0 aliphatic heterocycles. The van der Waals surface area contributed by atoms with E-state index in [1.165, 1.54) is 21.5 Å². The van der Waals surface area contributed by atoms with Crippen molar-refractivity contribution in [3.05, 3.63) is 84.4 Å². The lowest BCUT2D eigenvalue weighted by Crippen LogP contribution is -1.98. The molecule has 0 saturated carbocycles. The molecule has 2 heteroatoms. The SMILES string of the molecule is c1ccc2c(CCc3nccc4ccccc34)nccc2c1. The maximum Gasteiger partial charge on any atom is 0.0485 e. The lowest BCUT2D eigenvalue weighted by Gasteiger charge is -2.07. The molecule has 4 aromatic rings. The number of fused-ring (bicyclic) bond motifs is 2. The minimum absolute atomic E-state index is 0.905. The van der Waals surface area contributed by atoms with E-state index in [9.17, 15) is 0 Å². The van der Waals surface area contributed by atoms with Gasteiger partial charge in [-0.25, -0.2) is 0 Å². The van der Waals surface area contributed by atoms with Crippen LogP contribution in [0.25, 0.3) is 21.5 Å². The Balaban J connectivity index is 1.69. The number of hydrogen-bond donors (Lipinski definition) is 0. The normalized spacial score (nSPS) is 11.1. The molecule has 0 spiro atoms. The summed E-state index contributed by atoms with van der Waals surface area (Å²) >= 11 is 0. The Morgan fingerprint density at radius 2 is 1.00 bits per heavy atom. The van der Waals surface area contributed by atoms with Crippen LogP contribution in [0.15, 0.2) is 73.1 Å². The highest BCUT2D eigenvalue weighted by Crippen LogP contribution is 2.20. The third-order valence-electron chi connectivity index (χ3n) is 4.11. The summed E-state index contributed by atoms with van der Waals surface area (Å²) in [6.45, 7) is 0. The fourth-order valence-electron chi connectivity index (χ4n) is 3.00. The van der Waals surface area contributed by atoms with Crippen molar-refractivity contribution in [2.24, 2.45) is 0 Å². The van der Waals surface area contributed by atoms with Crippen molar-refractivity contribution in [1.29, 1.82) is 0 Å². The van der Waals surface area contributed by atoms with Crippen molar-refractivity contribution in [2.75, 3.05) is 0 Å². The second-order valence-electron chi connectivity index (χ2n) is 5.46. The zero-order valence-electron chi connectivity index (χ0n) is 12.2. The minimum Gasteiger partial charge on any atom is -0.261 e. The van der Waals surface area contributed by atoms with Gasteiger partial charge in [0.15, 0.2) is 0 Å². The zero-order valence-corrected chi connectivity index (χ0v) is 12.2. The van der Waals surface area contributed by atoms with Gasteiger partial charge in [0.1, 0.15) is 0 Å². The number of benzene rings is 2. The van der Waals surface area contributed by atoms with E-state index < -0.39 is 0 Å². The molecular formula is C20H16N2. The van der Waals surface area contributed by atoms with Crippen LogP contribution in [0.5, 0.6) is 0 Å². The summed E-state index contributed by atoms with van der Waals surface area (Å²) in [5.41, 5.74) is 2.29. The van der Waals surface area contributed by atoms with Gasteiger partial charge >= 0.3 is 0 Å². The average molecular weight is 284 g/mol. The fraction of sp³-hybridized carbons (Fsp3) is 0.100. The van der Waals surface area contributed by atoms with Crippen LogP contribution in [-0.4, -0.2) is 9.97 Å². The molecule has 4 rings (SSSR count). The maximum atomic E-state index is 4.57. The second-order valence-corrected chi connectivity index (χ2v) is 5.46. The van der Waals surface area contributed by atoms with E-state index in [1.807, 2.05) is 12.4 Å². The summed E-state index contributed by atoms with van der Waals surface area (Å²) in [4.78, 5) is 9.15. The van der Waals surface area contributed by atoms with Gasteiger partial charge < -0.3 is 0 Å². The predicted octanol–water partition coefficient (Wildman–Crippen LogP) is 4.57. The topological polar surface area (TPSA) is 25.8 Å². The minimum atomic E-state index is 0.905. The van der Waals surface area contributed by atoms with Crippen LogP contribution in [0, 0.1) is 0 Å². The number of rotatable bonds is 3. The average Bonchev–Trinajstić information content (AvgIpc) is 2.60. The van der Waals surface area contributed by atoms with Gasteiger partial charge in [-0.1, -0.05) is 48.5 Å². The smallest absolute Gasteiger partial charge is 0.0485 e. The van der Waals surface area contributed by atoms with Gasteiger partial charge in [-0.05, 0) is 35.7 Å². The highest BCUT2D eigenvalue weighted by Gasteiger charge is 2.06. The van der Waals surface area contributed by atoms with Crippen molar-refractivity contribution >= 4 is 21.5 Å². The van der Waals surface area contributed by atoms with E-state index >= 15 is 0 Å². The standard InChI is InChI=1S/C20H16N2/c1-3-7-17-15(5-1)11-13-21-19(17)9-10-20-18-8-4-2-6-16(18)12-14-22-20/h1-8,11-14H,9-10H2. The van der Waals surface area contributed by atoms with Gasteiger partial charge in [0.2, 0.25) is 0 Å². The van der Waals surface area contributed by atoms with E-state index in [0.29, 0.717) is 0 Å². The Morgan fingerprint density at radius 1 is 0.545 bits per heavy atom. The fourth-order valence-corrected chi connectivity index (χ4v) is 3.00. The van der Waals surface area contributed by atoms with Crippen molar-refractivity contribution in [3.63, 3.8) is 0 Å². The molecule has 0 radical (unpaired) electrons. The monoisotopic (exact) mass is 284 g/mol. The molecule has 22 heavy (non-hydrogen) atoms. The lowest BCUT2D eigenvalue weighted by molar-refractivity contribution is 0.899. The second kappa shape index (κ2) is 5.57. The number of aromatic nitrogens is 2. The molecule has 0 amide bonds. The summed E-state index contributed by atoms with van der Waals surface area (Å²) in [7, 11) is 0. The van der Waals surface area contributed by atoms with Gasteiger partial charge in [-0.3, -0.25) is 9.97 Å². The molecule has 2 nitrogen and oxygen atoms in total. The molecule has 0 bridgehead atoms. The first-order chi connectivity index (χ1) is 10.9. The quantitative estimate of drug-likeness (QED) is 0.551. The first-order valence-corrected chi connectivity index (χ1v) is 7.57. The first kappa shape index (κ1) is 13.0. The summed E-state index contributed by atoms with van der Waals surface area (Å²) in [6, 6.07) is 21.0. The van der Waals surface area contributed by atoms with E-state index in [2.05, 4.69) is 70.6 Å².